The third kappa shape index (κ3) is 3.82. The van der Waals surface area contributed by atoms with Gasteiger partial charge in [0, 0.05) is 24.3 Å². The predicted molar refractivity (Wildman–Crippen MR) is 115 cm³/mol. The Morgan fingerprint density at radius 2 is 2.03 bits per heavy atom. The first kappa shape index (κ1) is 19.1. The zero-order chi connectivity index (χ0) is 19.8. The Kier molecular flexibility index (Phi) is 5.35. The van der Waals surface area contributed by atoms with Crippen molar-refractivity contribution in [2.24, 2.45) is 11.8 Å². The fraction of sp³-hybridized carbons (Fsp3) is 0.625. The van der Waals surface area contributed by atoms with Gasteiger partial charge in [0.05, 0.1) is 13.7 Å². The van der Waals surface area contributed by atoms with Gasteiger partial charge in [-0.25, -0.2) is 0 Å². The fourth-order valence-corrected chi connectivity index (χ4v) is 6.32. The Bertz CT molecular complexity index is 775. The van der Waals surface area contributed by atoms with E-state index in [0.717, 1.165) is 29.9 Å². The molecule has 156 valence electrons. The highest BCUT2D eigenvalue weighted by Gasteiger charge is 2.46. The first-order valence-electron chi connectivity index (χ1n) is 11.3. The molecule has 5 nitrogen and oxygen atoms in total. The van der Waals surface area contributed by atoms with Crippen molar-refractivity contribution in [1.29, 1.82) is 0 Å². The number of piperidine rings is 3. The Balaban J connectivity index is 1.28. The SMILES string of the molecule is COc1ccc(NC(=O)CN2CCCC3=CC4CC(CN5CCCC[C@H]45)[C@@H]32)cc1. The topological polar surface area (TPSA) is 44.8 Å². The molecule has 4 atom stereocenters. The Morgan fingerprint density at radius 3 is 2.86 bits per heavy atom. The normalized spacial score (nSPS) is 32.0. The van der Waals surface area contributed by atoms with Gasteiger partial charge in [0.15, 0.2) is 0 Å². The zero-order valence-corrected chi connectivity index (χ0v) is 17.5. The number of anilines is 1. The van der Waals surface area contributed by atoms with Gasteiger partial charge in [0.1, 0.15) is 5.75 Å². The zero-order valence-electron chi connectivity index (χ0n) is 17.5. The Hall–Kier alpha value is -1.85. The van der Waals surface area contributed by atoms with Gasteiger partial charge in [-0.3, -0.25) is 14.6 Å². The predicted octanol–water partition coefficient (Wildman–Crippen LogP) is 3.53. The lowest BCUT2D eigenvalue weighted by molar-refractivity contribution is -0.118. The van der Waals surface area contributed by atoms with Gasteiger partial charge in [-0.15, -0.1) is 0 Å². The van der Waals surface area contributed by atoms with E-state index in [1.54, 1.807) is 12.7 Å². The van der Waals surface area contributed by atoms with Crippen LogP contribution in [0.3, 0.4) is 0 Å². The maximum absolute atomic E-state index is 12.8. The average Bonchev–Trinajstić information content (AvgIpc) is 2.74. The molecule has 3 fully saturated rings. The molecule has 1 aromatic carbocycles. The number of carbonyl (C=O) groups is 1. The Morgan fingerprint density at radius 1 is 1.17 bits per heavy atom. The van der Waals surface area contributed by atoms with Gasteiger partial charge < -0.3 is 10.1 Å². The molecule has 29 heavy (non-hydrogen) atoms. The van der Waals surface area contributed by atoms with Crippen LogP contribution in [0.15, 0.2) is 35.9 Å². The second kappa shape index (κ2) is 8.11. The number of carbonyl (C=O) groups excluding carboxylic acids is 1. The summed E-state index contributed by atoms with van der Waals surface area (Å²) in [7, 11) is 1.65. The highest BCUT2D eigenvalue weighted by Crippen LogP contribution is 2.44. The molecular weight excluding hydrogens is 362 g/mol. The highest BCUT2D eigenvalue weighted by molar-refractivity contribution is 5.92. The molecule has 2 bridgehead atoms. The van der Waals surface area contributed by atoms with Gasteiger partial charge in [0.25, 0.3) is 0 Å². The minimum absolute atomic E-state index is 0.0881. The van der Waals surface area contributed by atoms with Crippen LogP contribution in [0.5, 0.6) is 5.75 Å². The van der Waals surface area contributed by atoms with Gasteiger partial charge in [-0.05, 0) is 81.3 Å². The number of ether oxygens (including phenoxy) is 1. The largest absolute Gasteiger partial charge is 0.497 e. The van der Waals surface area contributed by atoms with Crippen molar-refractivity contribution in [3.8, 4) is 5.75 Å². The van der Waals surface area contributed by atoms with E-state index in [4.69, 9.17) is 4.74 Å². The number of amides is 1. The number of hydrogen-bond donors (Lipinski definition) is 1. The van der Waals surface area contributed by atoms with Gasteiger partial charge in [0.2, 0.25) is 5.91 Å². The summed E-state index contributed by atoms with van der Waals surface area (Å²) in [5, 5.41) is 3.07. The summed E-state index contributed by atoms with van der Waals surface area (Å²) >= 11 is 0. The van der Waals surface area contributed by atoms with E-state index in [-0.39, 0.29) is 5.91 Å². The van der Waals surface area contributed by atoms with Crippen molar-refractivity contribution in [3.63, 3.8) is 0 Å². The lowest BCUT2D eigenvalue weighted by Crippen LogP contribution is -2.59. The number of benzene rings is 1. The van der Waals surface area contributed by atoms with Gasteiger partial charge in [-0.1, -0.05) is 18.1 Å². The van der Waals surface area contributed by atoms with Crippen molar-refractivity contribution in [1.82, 2.24) is 9.80 Å². The molecule has 0 spiro atoms. The van der Waals surface area contributed by atoms with Crippen LogP contribution in [-0.2, 0) is 4.79 Å². The number of likely N-dealkylation sites (tertiary alicyclic amines) is 1. The molecule has 2 unspecified atom stereocenters. The molecule has 5 rings (SSSR count). The van der Waals surface area contributed by atoms with E-state index in [0.29, 0.717) is 18.5 Å². The second-order valence-corrected chi connectivity index (χ2v) is 9.25. The highest BCUT2D eigenvalue weighted by atomic mass is 16.5. The van der Waals surface area contributed by atoms with E-state index in [9.17, 15) is 4.79 Å². The summed E-state index contributed by atoms with van der Waals surface area (Å²) in [6, 6.07) is 8.82. The van der Waals surface area contributed by atoms with Crippen LogP contribution in [0.25, 0.3) is 0 Å². The van der Waals surface area contributed by atoms with Crippen molar-refractivity contribution in [2.45, 2.75) is 50.6 Å². The quantitative estimate of drug-likeness (QED) is 0.792. The third-order valence-electron chi connectivity index (χ3n) is 7.48. The minimum Gasteiger partial charge on any atom is -0.497 e. The summed E-state index contributed by atoms with van der Waals surface area (Å²) in [6.45, 7) is 4.01. The summed E-state index contributed by atoms with van der Waals surface area (Å²) in [5.74, 6) is 2.32. The number of fused-ring (bicyclic) bond motifs is 6. The molecular formula is C24H33N3O2. The van der Waals surface area contributed by atoms with Gasteiger partial charge >= 0.3 is 0 Å². The van der Waals surface area contributed by atoms with Crippen LogP contribution in [0.4, 0.5) is 5.69 Å². The molecule has 0 saturated carbocycles. The van der Waals surface area contributed by atoms with E-state index >= 15 is 0 Å². The third-order valence-corrected chi connectivity index (χ3v) is 7.48. The van der Waals surface area contributed by atoms with Crippen LogP contribution in [0.1, 0.15) is 38.5 Å². The van der Waals surface area contributed by atoms with Crippen molar-refractivity contribution >= 4 is 11.6 Å². The molecule has 3 aliphatic heterocycles. The minimum atomic E-state index is 0.0881. The number of rotatable bonds is 4. The van der Waals surface area contributed by atoms with Gasteiger partial charge in [-0.2, -0.15) is 0 Å². The molecule has 1 aromatic rings. The molecule has 1 amide bonds. The van der Waals surface area contributed by atoms with E-state index in [2.05, 4.69) is 21.2 Å². The maximum atomic E-state index is 12.8. The molecule has 3 heterocycles. The summed E-state index contributed by atoms with van der Waals surface area (Å²) in [4.78, 5) is 18.0. The number of hydrogen-bond acceptors (Lipinski definition) is 4. The fourth-order valence-electron chi connectivity index (χ4n) is 6.32. The van der Waals surface area contributed by atoms with E-state index < -0.39 is 0 Å². The Labute approximate surface area is 174 Å². The molecule has 1 N–H and O–H groups in total. The smallest absolute Gasteiger partial charge is 0.238 e. The van der Waals surface area contributed by atoms with Crippen LogP contribution >= 0.6 is 0 Å². The van der Waals surface area contributed by atoms with Crippen LogP contribution in [-0.4, -0.2) is 61.1 Å². The van der Waals surface area contributed by atoms with E-state index in [1.165, 1.54) is 51.6 Å². The number of nitrogens with zero attached hydrogens (tertiary/aromatic N) is 2. The first-order valence-corrected chi connectivity index (χ1v) is 11.3. The summed E-state index contributed by atoms with van der Waals surface area (Å²) < 4.78 is 5.20. The summed E-state index contributed by atoms with van der Waals surface area (Å²) in [5.41, 5.74) is 2.46. The van der Waals surface area contributed by atoms with Crippen LogP contribution in [0, 0.1) is 11.8 Å². The van der Waals surface area contributed by atoms with Crippen molar-refractivity contribution in [2.75, 3.05) is 38.6 Å². The molecule has 5 heteroatoms. The standard InChI is InChI=1S/C24H33N3O2/c1-29-21-9-7-20(8-10-21)25-23(28)16-27-12-4-5-17-13-18-14-19(24(17)27)15-26-11-3-2-6-22(18)26/h7-10,13,18-19,22,24H,2-6,11-12,14-16H2,1H3,(H,25,28)/t18?,19?,22-,24-/m1/s1. The number of methoxy groups -OCH3 is 1. The monoisotopic (exact) mass is 395 g/mol. The van der Waals surface area contributed by atoms with Crippen LogP contribution in [0.2, 0.25) is 0 Å². The average molecular weight is 396 g/mol. The first-order chi connectivity index (χ1) is 14.2. The summed E-state index contributed by atoms with van der Waals surface area (Å²) in [6.07, 6.45) is 10.5. The molecule has 0 radical (unpaired) electrons. The van der Waals surface area contributed by atoms with E-state index in [1.807, 2.05) is 24.3 Å². The lowest BCUT2D eigenvalue weighted by Gasteiger charge is -2.54. The van der Waals surface area contributed by atoms with Crippen molar-refractivity contribution in [3.05, 3.63) is 35.9 Å². The molecule has 1 aliphatic carbocycles. The second-order valence-electron chi connectivity index (χ2n) is 9.25. The van der Waals surface area contributed by atoms with Crippen molar-refractivity contribution < 1.29 is 9.53 Å². The number of nitrogens with one attached hydrogen (secondary N) is 1. The molecule has 0 aromatic heterocycles. The molecule has 4 aliphatic rings. The maximum Gasteiger partial charge on any atom is 0.238 e. The lowest BCUT2D eigenvalue weighted by atomic mass is 9.68. The van der Waals surface area contributed by atoms with Crippen LogP contribution < -0.4 is 10.1 Å². The molecule has 3 saturated heterocycles.